The van der Waals surface area contributed by atoms with Crippen LogP contribution in [0.3, 0.4) is 0 Å². The van der Waals surface area contributed by atoms with Crippen LogP contribution >= 0.6 is 22.7 Å². The van der Waals surface area contributed by atoms with E-state index in [0.717, 1.165) is 47.3 Å². The van der Waals surface area contributed by atoms with Crippen molar-refractivity contribution in [1.29, 1.82) is 0 Å². The largest absolute Gasteiger partial charge is 0.350 e. The maximum Gasteiger partial charge on any atom is 0.244 e. The van der Waals surface area contributed by atoms with Crippen LogP contribution in [-0.4, -0.2) is 23.9 Å². The topological polar surface area (TPSA) is 58.2 Å². The maximum absolute atomic E-state index is 12.2. The van der Waals surface area contributed by atoms with Crippen LogP contribution < -0.4 is 10.6 Å². The molecule has 6 heteroatoms. The summed E-state index contributed by atoms with van der Waals surface area (Å²) in [5.74, 6) is 1.62. The van der Waals surface area contributed by atoms with Gasteiger partial charge in [0, 0.05) is 34.0 Å². The summed E-state index contributed by atoms with van der Waals surface area (Å²) in [6.45, 7) is 0. The van der Waals surface area contributed by atoms with Gasteiger partial charge < -0.3 is 10.6 Å². The molecule has 2 amide bonds. The van der Waals surface area contributed by atoms with Gasteiger partial charge in [-0.3, -0.25) is 9.59 Å². The van der Waals surface area contributed by atoms with Gasteiger partial charge in [-0.1, -0.05) is 12.1 Å². The van der Waals surface area contributed by atoms with Crippen LogP contribution in [0.1, 0.15) is 67.5 Å². The lowest BCUT2D eigenvalue weighted by Crippen LogP contribution is -2.38. The highest BCUT2D eigenvalue weighted by atomic mass is 32.1. The summed E-state index contributed by atoms with van der Waals surface area (Å²) < 4.78 is 0. The number of thiophene rings is 2. The quantitative estimate of drug-likeness (QED) is 0.435. The third-order valence-corrected chi connectivity index (χ3v) is 8.61. The lowest BCUT2D eigenvalue weighted by atomic mass is 9.75. The van der Waals surface area contributed by atoms with Crippen LogP contribution in [0.5, 0.6) is 0 Å². The predicted molar refractivity (Wildman–Crippen MR) is 139 cm³/mol. The Labute approximate surface area is 205 Å². The van der Waals surface area contributed by atoms with Gasteiger partial charge in [-0.15, -0.1) is 22.7 Å². The van der Waals surface area contributed by atoms with Gasteiger partial charge in [0.2, 0.25) is 11.8 Å². The van der Waals surface area contributed by atoms with Crippen molar-refractivity contribution in [3.63, 3.8) is 0 Å². The van der Waals surface area contributed by atoms with Gasteiger partial charge >= 0.3 is 0 Å². The Kier molecular flexibility index (Phi) is 8.95. The standard InChI is InChI=1S/C27H34N2O2S2/c30-26(15-13-24-3-1-17-32-24)28-22-9-5-20(6-10-22)19-21-7-11-23(12-8-21)29-27(31)16-14-25-4-2-18-33-25/h1-4,13-18,20-23H,5-12,19H2,(H,28,30)(H,29,31)/b15-13+,16-14+. The molecule has 2 aliphatic rings. The molecular weight excluding hydrogens is 448 g/mol. The number of carbonyl (C=O) groups excluding carboxylic acids is 2. The third-order valence-electron chi connectivity index (χ3n) is 6.94. The molecule has 2 N–H and O–H groups in total. The van der Waals surface area contributed by atoms with Crippen molar-refractivity contribution in [1.82, 2.24) is 10.6 Å². The van der Waals surface area contributed by atoms with Crippen molar-refractivity contribution >= 4 is 46.6 Å². The molecule has 0 saturated heterocycles. The molecule has 0 aliphatic heterocycles. The minimum Gasteiger partial charge on any atom is -0.350 e. The lowest BCUT2D eigenvalue weighted by Gasteiger charge is -2.34. The second-order valence-electron chi connectivity index (χ2n) is 9.39. The number of amides is 2. The molecule has 2 aromatic heterocycles. The first-order valence-electron chi connectivity index (χ1n) is 12.2. The van der Waals surface area contributed by atoms with Crippen LogP contribution in [-0.2, 0) is 9.59 Å². The molecule has 0 bridgehead atoms. The first kappa shape index (κ1) is 24.0. The number of carbonyl (C=O) groups is 2. The van der Waals surface area contributed by atoms with Crippen molar-refractivity contribution in [3.8, 4) is 0 Å². The zero-order chi connectivity index (χ0) is 22.9. The molecule has 0 radical (unpaired) electrons. The third kappa shape index (κ3) is 7.97. The Bertz CT molecular complexity index is 841. The fourth-order valence-corrected chi connectivity index (χ4v) is 6.38. The highest BCUT2D eigenvalue weighted by Crippen LogP contribution is 2.35. The molecule has 2 heterocycles. The summed E-state index contributed by atoms with van der Waals surface area (Å²) in [6, 6.07) is 8.66. The maximum atomic E-state index is 12.2. The number of hydrogen-bond donors (Lipinski definition) is 2. The van der Waals surface area contributed by atoms with Crippen molar-refractivity contribution in [2.75, 3.05) is 0 Å². The van der Waals surface area contributed by atoms with E-state index >= 15 is 0 Å². The number of hydrogen-bond acceptors (Lipinski definition) is 4. The van der Waals surface area contributed by atoms with Gasteiger partial charge in [-0.05, 0) is 105 Å². The fourth-order valence-electron chi connectivity index (χ4n) is 5.14. The SMILES string of the molecule is O=C(/C=C/c1cccs1)NC1CCC(CC2CCC(NC(=O)/C=C/c3cccs3)CC2)CC1. The van der Waals surface area contributed by atoms with E-state index in [0.29, 0.717) is 12.1 Å². The monoisotopic (exact) mass is 482 g/mol. The van der Waals surface area contributed by atoms with E-state index in [4.69, 9.17) is 0 Å². The van der Waals surface area contributed by atoms with Crippen LogP contribution in [0.15, 0.2) is 47.2 Å². The zero-order valence-electron chi connectivity index (χ0n) is 19.1. The zero-order valence-corrected chi connectivity index (χ0v) is 20.7. The molecule has 2 fully saturated rings. The number of nitrogens with one attached hydrogen (secondary N) is 2. The fraction of sp³-hybridized carbons (Fsp3) is 0.481. The van der Waals surface area contributed by atoms with E-state index in [1.165, 1.54) is 32.1 Å². The van der Waals surface area contributed by atoms with Crippen LogP contribution in [0.4, 0.5) is 0 Å². The molecule has 2 aliphatic carbocycles. The van der Waals surface area contributed by atoms with Crippen molar-refractivity contribution in [2.24, 2.45) is 11.8 Å². The Hall–Kier alpha value is -2.18. The van der Waals surface area contributed by atoms with Crippen LogP contribution in [0, 0.1) is 11.8 Å². The Morgan fingerprint density at radius 2 is 1.15 bits per heavy atom. The Morgan fingerprint density at radius 1 is 0.727 bits per heavy atom. The average Bonchev–Trinajstić information content (AvgIpc) is 3.53. The predicted octanol–water partition coefficient (Wildman–Crippen LogP) is 6.28. The van der Waals surface area contributed by atoms with Gasteiger partial charge in [0.15, 0.2) is 0 Å². The highest BCUT2D eigenvalue weighted by molar-refractivity contribution is 7.11. The summed E-state index contributed by atoms with van der Waals surface area (Å²) in [5, 5.41) is 10.4. The molecule has 33 heavy (non-hydrogen) atoms. The first-order chi connectivity index (χ1) is 16.1. The summed E-state index contributed by atoms with van der Waals surface area (Å²) >= 11 is 3.28. The second-order valence-corrected chi connectivity index (χ2v) is 11.3. The van der Waals surface area contributed by atoms with Gasteiger partial charge in [0.25, 0.3) is 0 Å². The normalized spacial score (nSPS) is 25.9. The van der Waals surface area contributed by atoms with E-state index in [-0.39, 0.29) is 11.8 Å². The number of rotatable bonds is 8. The minimum absolute atomic E-state index is 0.0254. The van der Waals surface area contributed by atoms with Crippen LogP contribution in [0.25, 0.3) is 12.2 Å². The lowest BCUT2D eigenvalue weighted by molar-refractivity contribution is -0.118. The van der Waals surface area contributed by atoms with Gasteiger partial charge in [0.1, 0.15) is 0 Å². The smallest absolute Gasteiger partial charge is 0.244 e. The molecule has 0 unspecified atom stereocenters. The summed E-state index contributed by atoms with van der Waals surface area (Å²) in [7, 11) is 0. The van der Waals surface area contributed by atoms with Crippen LogP contribution in [0.2, 0.25) is 0 Å². The summed E-state index contributed by atoms with van der Waals surface area (Å²) in [4.78, 5) is 26.6. The van der Waals surface area contributed by atoms with Crippen molar-refractivity contribution < 1.29 is 9.59 Å². The molecule has 2 saturated carbocycles. The second kappa shape index (κ2) is 12.3. The molecule has 0 aromatic carbocycles. The summed E-state index contributed by atoms with van der Waals surface area (Å²) in [5.41, 5.74) is 0. The van der Waals surface area contributed by atoms with E-state index in [2.05, 4.69) is 10.6 Å². The summed E-state index contributed by atoms with van der Waals surface area (Å²) in [6.07, 6.45) is 17.6. The highest BCUT2D eigenvalue weighted by Gasteiger charge is 2.27. The minimum atomic E-state index is 0.0254. The van der Waals surface area contributed by atoms with E-state index in [9.17, 15) is 9.59 Å². The first-order valence-corrected chi connectivity index (χ1v) is 13.9. The van der Waals surface area contributed by atoms with E-state index in [1.54, 1.807) is 34.8 Å². The van der Waals surface area contributed by atoms with Crippen molar-refractivity contribution in [3.05, 3.63) is 56.9 Å². The van der Waals surface area contributed by atoms with E-state index in [1.807, 2.05) is 47.2 Å². The Morgan fingerprint density at radius 3 is 1.52 bits per heavy atom. The van der Waals surface area contributed by atoms with Crippen molar-refractivity contribution in [2.45, 2.75) is 69.9 Å². The molecular formula is C27H34N2O2S2. The van der Waals surface area contributed by atoms with Gasteiger partial charge in [-0.2, -0.15) is 0 Å². The molecule has 0 spiro atoms. The van der Waals surface area contributed by atoms with E-state index < -0.39 is 0 Å². The van der Waals surface area contributed by atoms with Gasteiger partial charge in [0.05, 0.1) is 0 Å². The Balaban J connectivity index is 1.10. The van der Waals surface area contributed by atoms with Gasteiger partial charge in [-0.25, -0.2) is 0 Å². The molecule has 4 nitrogen and oxygen atoms in total. The molecule has 2 aromatic rings. The molecule has 4 rings (SSSR count). The molecule has 0 atom stereocenters. The average molecular weight is 483 g/mol. The molecule has 176 valence electrons.